The quantitative estimate of drug-likeness (QED) is 0.693. The third-order valence-corrected chi connectivity index (χ3v) is 4.35. The van der Waals surface area contributed by atoms with Crippen molar-refractivity contribution in [2.75, 3.05) is 16.9 Å². The van der Waals surface area contributed by atoms with E-state index >= 15 is 0 Å². The van der Waals surface area contributed by atoms with Gasteiger partial charge in [-0.25, -0.2) is 9.97 Å². The molecule has 3 rings (SSSR count). The average molecular weight is 338 g/mol. The fourth-order valence-electron chi connectivity index (χ4n) is 2.34. The van der Waals surface area contributed by atoms with Crippen molar-refractivity contribution in [3.8, 4) is 0 Å². The SMILES string of the molecule is CSc1cccc(NC(=O)C(C)Nc2ncnc3ccccc23)c1. The van der Waals surface area contributed by atoms with Crippen molar-refractivity contribution in [1.82, 2.24) is 9.97 Å². The van der Waals surface area contributed by atoms with E-state index < -0.39 is 6.04 Å². The standard InChI is InChI=1S/C18H18N4OS/c1-12(18(23)22-13-6-5-7-14(10-13)24-2)21-17-15-8-3-4-9-16(15)19-11-20-17/h3-12H,1-2H3,(H,22,23)(H,19,20,21). The summed E-state index contributed by atoms with van der Waals surface area (Å²) in [5.41, 5.74) is 1.63. The molecular weight excluding hydrogens is 320 g/mol. The Hall–Kier alpha value is -2.60. The van der Waals surface area contributed by atoms with Crippen LogP contribution in [0.5, 0.6) is 0 Å². The van der Waals surface area contributed by atoms with Crippen molar-refractivity contribution >= 4 is 40.1 Å². The lowest BCUT2D eigenvalue weighted by molar-refractivity contribution is -0.116. The molecule has 1 aromatic heterocycles. The molecule has 0 fully saturated rings. The topological polar surface area (TPSA) is 66.9 Å². The molecule has 0 aliphatic heterocycles. The van der Waals surface area contributed by atoms with Crippen LogP contribution in [0, 0.1) is 0 Å². The smallest absolute Gasteiger partial charge is 0.246 e. The summed E-state index contributed by atoms with van der Waals surface area (Å²) in [6.07, 6.45) is 3.50. The third-order valence-electron chi connectivity index (χ3n) is 3.63. The van der Waals surface area contributed by atoms with Gasteiger partial charge in [-0.05, 0) is 43.5 Å². The van der Waals surface area contributed by atoms with Crippen molar-refractivity contribution in [3.05, 3.63) is 54.9 Å². The number of anilines is 2. The molecule has 1 atom stereocenters. The number of amides is 1. The summed E-state index contributed by atoms with van der Waals surface area (Å²) in [6.45, 7) is 1.81. The molecule has 1 unspecified atom stereocenters. The van der Waals surface area contributed by atoms with Gasteiger partial charge in [-0.1, -0.05) is 18.2 Å². The Labute approximate surface area is 144 Å². The van der Waals surface area contributed by atoms with E-state index in [0.29, 0.717) is 5.82 Å². The van der Waals surface area contributed by atoms with E-state index in [1.165, 1.54) is 6.33 Å². The normalized spacial score (nSPS) is 11.9. The number of fused-ring (bicyclic) bond motifs is 1. The molecule has 0 aliphatic carbocycles. The molecule has 122 valence electrons. The lowest BCUT2D eigenvalue weighted by atomic mass is 10.2. The summed E-state index contributed by atoms with van der Waals surface area (Å²) < 4.78 is 0. The molecule has 1 amide bonds. The minimum Gasteiger partial charge on any atom is -0.358 e. The molecule has 0 aliphatic rings. The summed E-state index contributed by atoms with van der Waals surface area (Å²) in [6, 6.07) is 15.0. The van der Waals surface area contributed by atoms with Crippen molar-refractivity contribution in [1.29, 1.82) is 0 Å². The maximum atomic E-state index is 12.4. The number of nitrogens with zero attached hydrogens (tertiary/aromatic N) is 2. The number of nitrogens with one attached hydrogen (secondary N) is 2. The number of carbonyl (C=O) groups excluding carboxylic acids is 1. The summed E-state index contributed by atoms with van der Waals surface area (Å²) in [7, 11) is 0. The molecule has 0 saturated carbocycles. The maximum Gasteiger partial charge on any atom is 0.246 e. The summed E-state index contributed by atoms with van der Waals surface area (Å²) in [4.78, 5) is 22.0. The number of benzene rings is 2. The Balaban J connectivity index is 1.73. The fourth-order valence-corrected chi connectivity index (χ4v) is 2.80. The van der Waals surface area contributed by atoms with E-state index in [2.05, 4.69) is 20.6 Å². The monoisotopic (exact) mass is 338 g/mol. The number of hydrogen-bond donors (Lipinski definition) is 2. The molecule has 0 radical (unpaired) electrons. The van der Waals surface area contributed by atoms with Gasteiger partial charge in [0.2, 0.25) is 5.91 Å². The molecule has 0 bridgehead atoms. The van der Waals surface area contributed by atoms with Gasteiger partial charge in [-0.15, -0.1) is 11.8 Å². The van der Waals surface area contributed by atoms with Crippen LogP contribution in [0.1, 0.15) is 6.92 Å². The maximum absolute atomic E-state index is 12.4. The van der Waals surface area contributed by atoms with Gasteiger partial charge >= 0.3 is 0 Å². The van der Waals surface area contributed by atoms with Crippen molar-refractivity contribution in [2.24, 2.45) is 0 Å². The Morgan fingerprint density at radius 3 is 2.79 bits per heavy atom. The van der Waals surface area contributed by atoms with Gasteiger partial charge in [0.05, 0.1) is 5.52 Å². The second-order valence-corrected chi connectivity index (χ2v) is 6.21. The Bertz CT molecular complexity index is 863. The first kappa shape index (κ1) is 16.3. The van der Waals surface area contributed by atoms with Crippen LogP contribution < -0.4 is 10.6 Å². The van der Waals surface area contributed by atoms with Gasteiger partial charge in [0.1, 0.15) is 18.2 Å². The number of para-hydroxylation sites is 1. The van der Waals surface area contributed by atoms with E-state index in [-0.39, 0.29) is 5.91 Å². The van der Waals surface area contributed by atoms with Gasteiger partial charge < -0.3 is 10.6 Å². The van der Waals surface area contributed by atoms with Gasteiger partial charge in [-0.2, -0.15) is 0 Å². The molecule has 3 aromatic rings. The predicted octanol–water partition coefficient (Wildman–Crippen LogP) is 3.79. The van der Waals surface area contributed by atoms with Crippen molar-refractivity contribution in [2.45, 2.75) is 17.9 Å². The predicted molar refractivity (Wildman–Crippen MR) is 99.5 cm³/mol. The molecule has 6 heteroatoms. The first-order chi connectivity index (χ1) is 11.7. The van der Waals surface area contributed by atoms with Crippen molar-refractivity contribution < 1.29 is 4.79 Å². The zero-order valence-electron chi connectivity index (χ0n) is 13.5. The highest BCUT2D eigenvalue weighted by molar-refractivity contribution is 7.98. The highest BCUT2D eigenvalue weighted by atomic mass is 32.2. The fraction of sp³-hybridized carbons (Fsp3) is 0.167. The van der Waals surface area contributed by atoms with Crippen LogP contribution in [-0.2, 0) is 4.79 Å². The summed E-state index contributed by atoms with van der Waals surface area (Å²) in [5, 5.41) is 6.98. The molecule has 2 N–H and O–H groups in total. The van der Waals surface area contributed by atoms with E-state index in [4.69, 9.17) is 0 Å². The van der Waals surface area contributed by atoms with Crippen LogP contribution in [0.25, 0.3) is 10.9 Å². The second-order valence-electron chi connectivity index (χ2n) is 5.33. The van der Waals surface area contributed by atoms with E-state index in [1.807, 2.05) is 61.7 Å². The van der Waals surface area contributed by atoms with Crippen LogP contribution in [0.3, 0.4) is 0 Å². The Morgan fingerprint density at radius 1 is 1.12 bits per heavy atom. The molecule has 0 spiro atoms. The number of thioether (sulfide) groups is 1. The molecule has 5 nitrogen and oxygen atoms in total. The minimum absolute atomic E-state index is 0.115. The number of hydrogen-bond acceptors (Lipinski definition) is 5. The van der Waals surface area contributed by atoms with Crippen molar-refractivity contribution in [3.63, 3.8) is 0 Å². The van der Waals surface area contributed by atoms with Crippen LogP contribution in [0.2, 0.25) is 0 Å². The highest BCUT2D eigenvalue weighted by Gasteiger charge is 2.15. The molecule has 24 heavy (non-hydrogen) atoms. The molecular formula is C18H18N4OS. The van der Waals surface area contributed by atoms with Crippen LogP contribution in [0.15, 0.2) is 59.8 Å². The zero-order valence-corrected chi connectivity index (χ0v) is 14.3. The van der Waals surface area contributed by atoms with E-state index in [1.54, 1.807) is 11.8 Å². The largest absolute Gasteiger partial charge is 0.358 e. The lowest BCUT2D eigenvalue weighted by Crippen LogP contribution is -2.32. The third kappa shape index (κ3) is 3.65. The summed E-state index contributed by atoms with van der Waals surface area (Å²) >= 11 is 1.64. The van der Waals surface area contributed by atoms with Gasteiger partial charge in [-0.3, -0.25) is 4.79 Å². The number of aromatic nitrogens is 2. The van der Waals surface area contributed by atoms with Crippen LogP contribution in [-0.4, -0.2) is 28.2 Å². The van der Waals surface area contributed by atoms with E-state index in [0.717, 1.165) is 21.5 Å². The molecule has 0 saturated heterocycles. The van der Waals surface area contributed by atoms with Gasteiger partial charge in [0, 0.05) is 16.0 Å². The highest BCUT2D eigenvalue weighted by Crippen LogP contribution is 2.21. The average Bonchev–Trinajstić information content (AvgIpc) is 2.62. The van der Waals surface area contributed by atoms with Crippen LogP contribution in [0.4, 0.5) is 11.5 Å². The molecule has 2 aromatic carbocycles. The first-order valence-corrected chi connectivity index (χ1v) is 8.81. The minimum atomic E-state index is -0.429. The first-order valence-electron chi connectivity index (χ1n) is 7.58. The van der Waals surface area contributed by atoms with Gasteiger partial charge in [0.25, 0.3) is 0 Å². The number of carbonyl (C=O) groups is 1. The lowest BCUT2D eigenvalue weighted by Gasteiger charge is -2.16. The van der Waals surface area contributed by atoms with Gasteiger partial charge in [0.15, 0.2) is 0 Å². The second kappa shape index (κ2) is 7.31. The van der Waals surface area contributed by atoms with Crippen LogP contribution >= 0.6 is 11.8 Å². The van der Waals surface area contributed by atoms with E-state index in [9.17, 15) is 4.79 Å². The molecule has 1 heterocycles. The Morgan fingerprint density at radius 2 is 1.96 bits per heavy atom. The number of rotatable bonds is 5. The zero-order chi connectivity index (χ0) is 16.9. The Kier molecular flexibility index (Phi) is 4.96. The summed E-state index contributed by atoms with van der Waals surface area (Å²) in [5.74, 6) is 0.539.